The fraction of sp³-hybridized carbons (Fsp3) is 1.00. The van der Waals surface area contributed by atoms with E-state index in [0.717, 1.165) is 30.3 Å². The molecule has 0 saturated heterocycles. The van der Waals surface area contributed by atoms with Crippen LogP contribution in [0.2, 0.25) is 0 Å². The van der Waals surface area contributed by atoms with Gasteiger partial charge in [0.15, 0.2) is 0 Å². The molecule has 0 heterocycles. The summed E-state index contributed by atoms with van der Waals surface area (Å²) in [6.45, 7) is 9.54. The first-order valence-corrected chi connectivity index (χ1v) is 7.55. The van der Waals surface area contributed by atoms with E-state index in [1.54, 1.807) is 0 Å². The number of hydrogen-bond acceptors (Lipinski definition) is 2. The molecule has 100 valence electrons. The van der Waals surface area contributed by atoms with Crippen molar-refractivity contribution in [1.29, 1.82) is 0 Å². The van der Waals surface area contributed by atoms with Crippen molar-refractivity contribution in [1.82, 2.24) is 10.2 Å². The van der Waals surface area contributed by atoms with E-state index in [2.05, 4.69) is 38.0 Å². The molecule has 2 aliphatic carbocycles. The van der Waals surface area contributed by atoms with E-state index >= 15 is 0 Å². The Morgan fingerprint density at radius 3 is 2.47 bits per heavy atom. The van der Waals surface area contributed by atoms with E-state index in [9.17, 15) is 0 Å². The Bertz CT molecular complexity index is 237. The van der Waals surface area contributed by atoms with Crippen LogP contribution >= 0.6 is 0 Å². The largest absolute Gasteiger partial charge is 0.313 e. The third kappa shape index (κ3) is 3.45. The molecule has 2 rings (SSSR count). The first-order valence-electron chi connectivity index (χ1n) is 7.55. The van der Waals surface area contributed by atoms with Crippen LogP contribution in [0.15, 0.2) is 0 Å². The molecular weight excluding hydrogens is 208 g/mol. The minimum absolute atomic E-state index is 0.711. The highest BCUT2D eigenvalue weighted by molar-refractivity contribution is 4.94. The van der Waals surface area contributed by atoms with Gasteiger partial charge in [-0.3, -0.25) is 0 Å². The Morgan fingerprint density at radius 1 is 1.18 bits per heavy atom. The smallest absolute Gasteiger partial charge is 0.0272 e. The minimum Gasteiger partial charge on any atom is -0.313 e. The van der Waals surface area contributed by atoms with Gasteiger partial charge in [-0.1, -0.05) is 20.8 Å². The molecule has 2 saturated carbocycles. The fourth-order valence-electron chi connectivity index (χ4n) is 3.88. The van der Waals surface area contributed by atoms with Gasteiger partial charge in [0, 0.05) is 18.6 Å². The van der Waals surface area contributed by atoms with Crippen molar-refractivity contribution in [2.75, 3.05) is 20.1 Å². The summed E-state index contributed by atoms with van der Waals surface area (Å²) in [4.78, 5) is 2.65. The molecule has 2 nitrogen and oxygen atoms in total. The van der Waals surface area contributed by atoms with Crippen LogP contribution in [0.25, 0.3) is 0 Å². The molecular formula is C15H30N2. The summed E-state index contributed by atoms with van der Waals surface area (Å²) in [7, 11) is 2.35. The van der Waals surface area contributed by atoms with Crippen molar-refractivity contribution < 1.29 is 0 Å². The summed E-state index contributed by atoms with van der Waals surface area (Å²) in [6.07, 6.45) is 5.70. The lowest BCUT2D eigenvalue weighted by molar-refractivity contribution is 0.0779. The van der Waals surface area contributed by atoms with E-state index in [1.807, 2.05) is 0 Å². The molecule has 0 radical (unpaired) electrons. The number of hydrogen-bond donors (Lipinski definition) is 1. The predicted molar refractivity (Wildman–Crippen MR) is 74.2 cm³/mol. The topological polar surface area (TPSA) is 15.3 Å². The monoisotopic (exact) mass is 238 g/mol. The van der Waals surface area contributed by atoms with Crippen LogP contribution < -0.4 is 5.32 Å². The first-order chi connectivity index (χ1) is 8.11. The van der Waals surface area contributed by atoms with E-state index in [4.69, 9.17) is 0 Å². The lowest BCUT2D eigenvalue weighted by Gasteiger charge is -2.45. The highest BCUT2D eigenvalue weighted by atomic mass is 15.2. The van der Waals surface area contributed by atoms with Crippen molar-refractivity contribution in [2.24, 2.45) is 17.8 Å². The van der Waals surface area contributed by atoms with E-state index in [0.29, 0.717) is 6.04 Å². The number of likely N-dealkylation sites (N-methyl/N-ethyl adjacent to an activating group) is 2. The van der Waals surface area contributed by atoms with Crippen molar-refractivity contribution in [3.05, 3.63) is 0 Å². The molecule has 17 heavy (non-hydrogen) atoms. The molecule has 0 aromatic rings. The average molecular weight is 238 g/mol. The summed E-state index contributed by atoms with van der Waals surface area (Å²) >= 11 is 0. The lowest BCUT2D eigenvalue weighted by atomic mass is 9.76. The van der Waals surface area contributed by atoms with Gasteiger partial charge in [0.2, 0.25) is 0 Å². The van der Waals surface area contributed by atoms with Crippen LogP contribution in [0.1, 0.15) is 46.5 Å². The highest BCUT2D eigenvalue weighted by Crippen LogP contribution is 2.35. The number of nitrogens with one attached hydrogen (secondary N) is 1. The fourth-order valence-corrected chi connectivity index (χ4v) is 3.88. The van der Waals surface area contributed by atoms with Crippen LogP contribution in [0.3, 0.4) is 0 Å². The summed E-state index contributed by atoms with van der Waals surface area (Å²) < 4.78 is 0. The van der Waals surface area contributed by atoms with Crippen molar-refractivity contribution in [2.45, 2.75) is 58.5 Å². The molecule has 2 aliphatic rings. The highest BCUT2D eigenvalue weighted by Gasteiger charge is 2.37. The Kier molecular flexibility index (Phi) is 4.48. The lowest BCUT2D eigenvalue weighted by Crippen LogP contribution is -2.55. The third-order valence-corrected chi connectivity index (χ3v) is 4.64. The van der Waals surface area contributed by atoms with Gasteiger partial charge >= 0.3 is 0 Å². The minimum atomic E-state index is 0.711. The van der Waals surface area contributed by atoms with Gasteiger partial charge in [0.05, 0.1) is 0 Å². The van der Waals surface area contributed by atoms with Gasteiger partial charge < -0.3 is 10.2 Å². The standard InChI is InChI=1S/C15H30N2/c1-5-16-14-9-11(2)8-12(3)15(14)17(4)10-13-6-7-13/h11-16H,5-10H2,1-4H3. The van der Waals surface area contributed by atoms with Crippen LogP contribution in [-0.2, 0) is 0 Å². The van der Waals surface area contributed by atoms with Crippen molar-refractivity contribution in [3.8, 4) is 0 Å². The van der Waals surface area contributed by atoms with Gasteiger partial charge in [0.25, 0.3) is 0 Å². The third-order valence-electron chi connectivity index (χ3n) is 4.64. The second kappa shape index (κ2) is 5.71. The van der Waals surface area contributed by atoms with Gasteiger partial charge in [0.1, 0.15) is 0 Å². The zero-order valence-electron chi connectivity index (χ0n) is 12.1. The van der Waals surface area contributed by atoms with Crippen molar-refractivity contribution >= 4 is 0 Å². The molecule has 0 aromatic heterocycles. The second-order valence-corrected chi connectivity index (χ2v) is 6.59. The summed E-state index contributed by atoms with van der Waals surface area (Å²) in [5, 5.41) is 3.73. The van der Waals surface area contributed by atoms with Crippen LogP contribution in [0.4, 0.5) is 0 Å². The molecule has 4 unspecified atom stereocenters. The molecule has 0 aliphatic heterocycles. The number of rotatable bonds is 5. The zero-order valence-corrected chi connectivity index (χ0v) is 12.1. The summed E-state index contributed by atoms with van der Waals surface area (Å²) in [6, 6.07) is 1.47. The molecule has 0 spiro atoms. The maximum absolute atomic E-state index is 3.73. The van der Waals surface area contributed by atoms with E-state index in [1.165, 1.54) is 32.2 Å². The molecule has 0 bridgehead atoms. The normalized spacial score (nSPS) is 38.6. The SMILES string of the molecule is CCNC1CC(C)CC(C)C1N(C)CC1CC1. The van der Waals surface area contributed by atoms with Crippen LogP contribution in [0, 0.1) is 17.8 Å². The predicted octanol–water partition coefficient (Wildman–Crippen LogP) is 2.74. The maximum atomic E-state index is 3.73. The number of nitrogens with zero attached hydrogens (tertiary/aromatic N) is 1. The molecule has 0 amide bonds. The van der Waals surface area contributed by atoms with Gasteiger partial charge in [-0.2, -0.15) is 0 Å². The molecule has 2 heteroatoms. The second-order valence-electron chi connectivity index (χ2n) is 6.59. The van der Waals surface area contributed by atoms with Crippen molar-refractivity contribution in [3.63, 3.8) is 0 Å². The van der Waals surface area contributed by atoms with Gasteiger partial charge in [-0.25, -0.2) is 0 Å². The maximum Gasteiger partial charge on any atom is 0.0272 e. The molecule has 1 N–H and O–H groups in total. The zero-order chi connectivity index (χ0) is 12.4. The quantitative estimate of drug-likeness (QED) is 0.792. The Hall–Kier alpha value is -0.0800. The summed E-state index contributed by atoms with van der Waals surface area (Å²) in [5.74, 6) is 2.74. The van der Waals surface area contributed by atoms with Gasteiger partial charge in [-0.15, -0.1) is 0 Å². The summed E-state index contributed by atoms with van der Waals surface area (Å²) in [5.41, 5.74) is 0. The molecule has 0 aromatic carbocycles. The van der Waals surface area contributed by atoms with E-state index < -0.39 is 0 Å². The molecule has 2 fully saturated rings. The van der Waals surface area contributed by atoms with Crippen LogP contribution in [0.5, 0.6) is 0 Å². The Balaban J connectivity index is 1.97. The van der Waals surface area contributed by atoms with E-state index in [-0.39, 0.29) is 0 Å². The van der Waals surface area contributed by atoms with Gasteiger partial charge in [-0.05, 0) is 57.0 Å². The Labute approximate surface area is 107 Å². The Morgan fingerprint density at radius 2 is 1.88 bits per heavy atom. The first kappa shape index (κ1) is 13.4. The van der Waals surface area contributed by atoms with Crippen LogP contribution in [-0.4, -0.2) is 37.1 Å². The molecule has 4 atom stereocenters. The average Bonchev–Trinajstić information content (AvgIpc) is 3.00.